The van der Waals surface area contributed by atoms with E-state index in [2.05, 4.69) is 21.2 Å². The standard InChI is InChI=1S/C12H12BrNO4/c1-2-18-10(15)6-12(17)8-5-7(13)3-4-9(8)14-11(12)16/h3-5,17H,2,6H2,1H3,(H,14,16). The highest BCUT2D eigenvalue weighted by Gasteiger charge is 2.47. The molecule has 1 aromatic carbocycles. The molecule has 0 radical (unpaired) electrons. The number of carbonyl (C=O) groups excluding carboxylic acids is 2. The van der Waals surface area contributed by atoms with Crippen molar-refractivity contribution in [3.8, 4) is 0 Å². The third-order valence-electron chi connectivity index (χ3n) is 2.76. The van der Waals surface area contributed by atoms with Crippen molar-refractivity contribution < 1.29 is 19.4 Å². The molecule has 5 nitrogen and oxygen atoms in total. The summed E-state index contributed by atoms with van der Waals surface area (Å²) in [4.78, 5) is 23.3. The third-order valence-corrected chi connectivity index (χ3v) is 3.25. The summed E-state index contributed by atoms with van der Waals surface area (Å²) in [6.07, 6.45) is -0.393. The van der Waals surface area contributed by atoms with Gasteiger partial charge < -0.3 is 15.2 Å². The molecule has 1 unspecified atom stereocenters. The lowest BCUT2D eigenvalue weighted by Crippen LogP contribution is -2.37. The lowest BCUT2D eigenvalue weighted by molar-refractivity contribution is -0.154. The summed E-state index contributed by atoms with van der Waals surface area (Å²) in [5.74, 6) is -1.22. The van der Waals surface area contributed by atoms with Crippen molar-refractivity contribution in [2.24, 2.45) is 0 Å². The highest BCUT2D eigenvalue weighted by atomic mass is 79.9. The Balaban J connectivity index is 2.36. The lowest BCUT2D eigenvalue weighted by atomic mass is 9.92. The number of anilines is 1. The van der Waals surface area contributed by atoms with Gasteiger partial charge in [-0.3, -0.25) is 9.59 Å². The second-order valence-corrected chi connectivity index (χ2v) is 4.90. The number of nitrogens with one attached hydrogen (secondary N) is 1. The van der Waals surface area contributed by atoms with E-state index in [0.717, 1.165) is 4.47 Å². The van der Waals surface area contributed by atoms with Crippen molar-refractivity contribution in [3.63, 3.8) is 0 Å². The van der Waals surface area contributed by atoms with E-state index in [0.29, 0.717) is 11.3 Å². The van der Waals surface area contributed by atoms with E-state index in [1.165, 1.54) is 0 Å². The van der Waals surface area contributed by atoms with Crippen LogP contribution < -0.4 is 5.32 Å². The largest absolute Gasteiger partial charge is 0.466 e. The maximum Gasteiger partial charge on any atom is 0.309 e. The molecule has 2 N–H and O–H groups in total. The van der Waals surface area contributed by atoms with Gasteiger partial charge in [-0.05, 0) is 25.1 Å². The van der Waals surface area contributed by atoms with Crippen LogP contribution in [0.4, 0.5) is 5.69 Å². The third kappa shape index (κ3) is 2.13. The number of carbonyl (C=O) groups is 2. The fourth-order valence-corrected chi connectivity index (χ4v) is 2.27. The molecule has 1 aromatic rings. The summed E-state index contributed by atoms with van der Waals surface area (Å²) in [6, 6.07) is 5.03. The van der Waals surface area contributed by atoms with Crippen LogP contribution in [-0.4, -0.2) is 23.6 Å². The van der Waals surface area contributed by atoms with Crippen LogP contribution in [0.25, 0.3) is 0 Å². The molecule has 0 fully saturated rings. The first-order valence-electron chi connectivity index (χ1n) is 5.47. The normalized spacial score (nSPS) is 21.4. The van der Waals surface area contributed by atoms with E-state index in [9.17, 15) is 14.7 Å². The predicted octanol–water partition coefficient (Wildman–Crippen LogP) is 1.54. The summed E-state index contributed by atoms with van der Waals surface area (Å²) in [7, 11) is 0. The van der Waals surface area contributed by atoms with Crippen molar-refractivity contribution in [3.05, 3.63) is 28.2 Å². The van der Waals surface area contributed by atoms with E-state index in [-0.39, 0.29) is 6.61 Å². The van der Waals surface area contributed by atoms with Gasteiger partial charge in [-0.25, -0.2) is 0 Å². The summed E-state index contributed by atoms with van der Waals surface area (Å²) < 4.78 is 5.49. The van der Waals surface area contributed by atoms with Gasteiger partial charge in [0.15, 0.2) is 5.60 Å². The predicted molar refractivity (Wildman–Crippen MR) is 67.9 cm³/mol. The van der Waals surface area contributed by atoms with Crippen LogP contribution in [0.3, 0.4) is 0 Å². The summed E-state index contributed by atoms with van der Waals surface area (Å²) in [6.45, 7) is 1.88. The van der Waals surface area contributed by atoms with Gasteiger partial charge in [-0.2, -0.15) is 0 Å². The Labute approximate surface area is 112 Å². The Kier molecular flexibility index (Phi) is 3.41. The minimum absolute atomic E-state index is 0.210. The van der Waals surface area contributed by atoms with Crippen molar-refractivity contribution >= 4 is 33.5 Å². The maximum atomic E-state index is 11.8. The summed E-state index contributed by atoms with van der Waals surface area (Å²) in [5.41, 5.74) is -0.962. The number of fused-ring (bicyclic) bond motifs is 1. The van der Waals surface area contributed by atoms with E-state index >= 15 is 0 Å². The number of esters is 1. The molecular formula is C12H12BrNO4. The second-order valence-electron chi connectivity index (χ2n) is 3.99. The van der Waals surface area contributed by atoms with Gasteiger partial charge in [-0.15, -0.1) is 0 Å². The number of amides is 1. The molecular weight excluding hydrogens is 302 g/mol. The zero-order valence-electron chi connectivity index (χ0n) is 9.70. The van der Waals surface area contributed by atoms with E-state index in [1.54, 1.807) is 25.1 Å². The first-order valence-corrected chi connectivity index (χ1v) is 6.26. The van der Waals surface area contributed by atoms with Crippen molar-refractivity contribution in [1.82, 2.24) is 0 Å². The number of benzene rings is 1. The molecule has 1 aliphatic rings. The zero-order chi connectivity index (χ0) is 13.3. The molecule has 2 rings (SSSR count). The van der Waals surface area contributed by atoms with Gasteiger partial charge in [0, 0.05) is 15.7 Å². The van der Waals surface area contributed by atoms with Gasteiger partial charge >= 0.3 is 5.97 Å². The molecule has 0 aromatic heterocycles. The highest BCUT2D eigenvalue weighted by Crippen LogP contribution is 2.39. The number of rotatable bonds is 3. The Bertz CT molecular complexity index is 517. The molecule has 0 aliphatic carbocycles. The van der Waals surface area contributed by atoms with Gasteiger partial charge in [0.25, 0.3) is 5.91 Å². The maximum absolute atomic E-state index is 11.8. The first-order chi connectivity index (χ1) is 8.47. The summed E-state index contributed by atoms with van der Waals surface area (Å²) >= 11 is 3.27. The number of aliphatic hydroxyl groups is 1. The van der Waals surface area contributed by atoms with Crippen LogP contribution in [0.1, 0.15) is 18.9 Å². The monoisotopic (exact) mass is 313 g/mol. The molecule has 1 amide bonds. The number of halogens is 1. The van der Waals surface area contributed by atoms with Crippen LogP contribution >= 0.6 is 15.9 Å². The molecule has 1 aliphatic heterocycles. The Hall–Kier alpha value is -1.40. The number of hydrogen-bond acceptors (Lipinski definition) is 4. The smallest absolute Gasteiger partial charge is 0.309 e. The van der Waals surface area contributed by atoms with Gasteiger partial charge in [0.1, 0.15) is 0 Å². The van der Waals surface area contributed by atoms with E-state index in [4.69, 9.17) is 4.74 Å². The fourth-order valence-electron chi connectivity index (χ4n) is 1.91. The van der Waals surface area contributed by atoms with Gasteiger partial charge in [-0.1, -0.05) is 15.9 Å². The molecule has 96 valence electrons. The first kappa shape index (κ1) is 13.0. The van der Waals surface area contributed by atoms with E-state index < -0.39 is 23.9 Å². The molecule has 0 saturated carbocycles. The number of hydrogen-bond donors (Lipinski definition) is 2. The molecule has 1 atom stereocenters. The molecule has 0 saturated heterocycles. The zero-order valence-corrected chi connectivity index (χ0v) is 11.3. The van der Waals surface area contributed by atoms with Crippen LogP contribution in [0.5, 0.6) is 0 Å². The fraction of sp³-hybridized carbons (Fsp3) is 0.333. The van der Waals surface area contributed by atoms with E-state index in [1.807, 2.05) is 0 Å². The molecule has 18 heavy (non-hydrogen) atoms. The van der Waals surface area contributed by atoms with Crippen LogP contribution in [0.2, 0.25) is 0 Å². The van der Waals surface area contributed by atoms with Crippen molar-refractivity contribution in [2.45, 2.75) is 18.9 Å². The topological polar surface area (TPSA) is 75.6 Å². The summed E-state index contributed by atoms with van der Waals surface area (Å²) in [5, 5.41) is 12.9. The molecule has 6 heteroatoms. The quantitative estimate of drug-likeness (QED) is 0.830. The van der Waals surface area contributed by atoms with Crippen molar-refractivity contribution in [1.29, 1.82) is 0 Å². The lowest BCUT2D eigenvalue weighted by Gasteiger charge is -2.19. The molecule has 0 bridgehead atoms. The minimum atomic E-state index is -1.86. The Morgan fingerprint density at radius 2 is 2.28 bits per heavy atom. The van der Waals surface area contributed by atoms with Crippen LogP contribution in [0, 0.1) is 0 Å². The molecule has 1 heterocycles. The molecule has 0 spiro atoms. The average Bonchev–Trinajstić information content (AvgIpc) is 2.53. The van der Waals surface area contributed by atoms with Crippen LogP contribution in [0.15, 0.2) is 22.7 Å². The van der Waals surface area contributed by atoms with Crippen LogP contribution in [-0.2, 0) is 19.9 Å². The van der Waals surface area contributed by atoms with Gasteiger partial charge in [0.05, 0.1) is 13.0 Å². The van der Waals surface area contributed by atoms with Gasteiger partial charge in [0.2, 0.25) is 0 Å². The Morgan fingerprint density at radius 1 is 1.56 bits per heavy atom. The van der Waals surface area contributed by atoms with Crippen molar-refractivity contribution in [2.75, 3.05) is 11.9 Å². The number of ether oxygens (including phenoxy) is 1. The minimum Gasteiger partial charge on any atom is -0.466 e. The highest BCUT2D eigenvalue weighted by molar-refractivity contribution is 9.10. The second kappa shape index (κ2) is 4.70. The SMILES string of the molecule is CCOC(=O)CC1(O)C(=O)Nc2ccc(Br)cc21. The Morgan fingerprint density at radius 3 is 2.94 bits per heavy atom. The average molecular weight is 314 g/mol.